The van der Waals surface area contributed by atoms with Crippen LogP contribution in [-0.4, -0.2) is 6.04 Å². The molecule has 2 N–H and O–H groups in total. The smallest absolute Gasteiger partial charge is 0.00415 e. The molecule has 0 radical (unpaired) electrons. The Morgan fingerprint density at radius 3 is 2.15 bits per heavy atom. The molecule has 0 spiro atoms. The Labute approximate surface area is 82.1 Å². The van der Waals surface area contributed by atoms with Crippen LogP contribution in [0.2, 0.25) is 0 Å². The molecule has 2 saturated carbocycles. The van der Waals surface area contributed by atoms with Gasteiger partial charge in [-0.05, 0) is 31.1 Å². The Morgan fingerprint density at radius 1 is 0.692 bits per heavy atom. The highest BCUT2D eigenvalue weighted by atomic mass is 14.6. The lowest BCUT2D eigenvalue weighted by atomic mass is 9.77. The summed E-state index contributed by atoms with van der Waals surface area (Å²) in [6, 6.07) is 0.519. The summed E-state index contributed by atoms with van der Waals surface area (Å²) in [5.41, 5.74) is 6.11. The molecular formula is C12H23N. The van der Waals surface area contributed by atoms with Gasteiger partial charge in [-0.15, -0.1) is 0 Å². The zero-order valence-electron chi connectivity index (χ0n) is 8.67. The zero-order chi connectivity index (χ0) is 9.10. The molecule has 2 rings (SSSR count). The molecule has 0 saturated heterocycles. The fraction of sp³-hybridized carbons (Fsp3) is 1.00. The third-order valence-electron chi connectivity index (χ3n) is 4.04. The number of hydrogen-bond acceptors (Lipinski definition) is 1. The Kier molecular flexibility index (Phi) is 3.26. The van der Waals surface area contributed by atoms with E-state index in [1.165, 1.54) is 57.8 Å². The highest BCUT2D eigenvalue weighted by Crippen LogP contribution is 2.34. The van der Waals surface area contributed by atoms with Gasteiger partial charge in [-0.3, -0.25) is 0 Å². The van der Waals surface area contributed by atoms with Crippen LogP contribution in [0.25, 0.3) is 0 Å². The van der Waals surface area contributed by atoms with E-state index in [2.05, 4.69) is 0 Å². The minimum atomic E-state index is 0.519. The molecule has 3 unspecified atom stereocenters. The predicted molar refractivity (Wildman–Crippen MR) is 56.5 cm³/mol. The summed E-state index contributed by atoms with van der Waals surface area (Å²) in [5, 5.41) is 0. The van der Waals surface area contributed by atoms with Gasteiger partial charge in [-0.25, -0.2) is 0 Å². The predicted octanol–water partition coefficient (Wildman–Crippen LogP) is 3.08. The van der Waals surface area contributed by atoms with Crippen molar-refractivity contribution in [3.63, 3.8) is 0 Å². The van der Waals surface area contributed by atoms with Crippen molar-refractivity contribution in [3.05, 3.63) is 0 Å². The minimum Gasteiger partial charge on any atom is -0.328 e. The maximum absolute atomic E-state index is 6.11. The molecule has 1 nitrogen and oxygen atoms in total. The molecule has 2 bridgehead atoms. The monoisotopic (exact) mass is 181 g/mol. The molecule has 0 aromatic heterocycles. The molecule has 13 heavy (non-hydrogen) atoms. The van der Waals surface area contributed by atoms with Gasteiger partial charge < -0.3 is 5.73 Å². The summed E-state index contributed by atoms with van der Waals surface area (Å²) in [7, 11) is 0. The van der Waals surface area contributed by atoms with Gasteiger partial charge in [0.05, 0.1) is 0 Å². The Morgan fingerprint density at radius 2 is 1.31 bits per heavy atom. The number of hydrogen-bond donors (Lipinski definition) is 1. The Hall–Kier alpha value is -0.0400. The second-order valence-electron chi connectivity index (χ2n) is 5.17. The summed E-state index contributed by atoms with van der Waals surface area (Å²) >= 11 is 0. The molecule has 2 aliphatic carbocycles. The largest absolute Gasteiger partial charge is 0.328 e. The molecule has 0 aromatic rings. The number of nitrogens with two attached hydrogens (primary N) is 1. The van der Waals surface area contributed by atoms with E-state index in [9.17, 15) is 0 Å². The van der Waals surface area contributed by atoms with Gasteiger partial charge in [0.15, 0.2) is 0 Å². The molecule has 2 aliphatic rings. The van der Waals surface area contributed by atoms with Crippen molar-refractivity contribution in [1.82, 2.24) is 0 Å². The molecule has 1 heteroatoms. The Bertz CT molecular complexity index is 153. The zero-order valence-corrected chi connectivity index (χ0v) is 8.67. The van der Waals surface area contributed by atoms with Crippen molar-refractivity contribution in [3.8, 4) is 0 Å². The topological polar surface area (TPSA) is 26.0 Å². The van der Waals surface area contributed by atoms with E-state index in [0.29, 0.717) is 6.04 Å². The third-order valence-corrected chi connectivity index (χ3v) is 4.04. The SMILES string of the molecule is NC1CCC2CCCCC(CC2)C1. The number of rotatable bonds is 0. The molecule has 0 aliphatic heterocycles. The lowest BCUT2D eigenvalue weighted by Gasteiger charge is -2.30. The van der Waals surface area contributed by atoms with Gasteiger partial charge in [0, 0.05) is 6.04 Å². The Balaban J connectivity index is 1.97. The van der Waals surface area contributed by atoms with Crippen LogP contribution < -0.4 is 5.73 Å². The van der Waals surface area contributed by atoms with Crippen molar-refractivity contribution in [2.24, 2.45) is 17.6 Å². The van der Waals surface area contributed by atoms with Gasteiger partial charge in [-0.1, -0.05) is 38.5 Å². The first kappa shape index (κ1) is 9.51. The summed E-state index contributed by atoms with van der Waals surface area (Å²) < 4.78 is 0. The molecule has 3 atom stereocenters. The van der Waals surface area contributed by atoms with Gasteiger partial charge in [0.25, 0.3) is 0 Å². The van der Waals surface area contributed by atoms with Crippen LogP contribution in [0.3, 0.4) is 0 Å². The molecule has 0 aromatic carbocycles. The van der Waals surface area contributed by atoms with E-state index >= 15 is 0 Å². The highest BCUT2D eigenvalue weighted by Gasteiger charge is 2.22. The van der Waals surface area contributed by atoms with Crippen molar-refractivity contribution >= 4 is 0 Å². The second-order valence-corrected chi connectivity index (χ2v) is 5.17. The summed E-state index contributed by atoms with van der Waals surface area (Å²) in [6.45, 7) is 0. The van der Waals surface area contributed by atoms with Gasteiger partial charge in [-0.2, -0.15) is 0 Å². The van der Waals surface area contributed by atoms with Crippen LogP contribution in [0.4, 0.5) is 0 Å². The first-order chi connectivity index (χ1) is 6.34. The van der Waals surface area contributed by atoms with E-state index in [1.807, 2.05) is 0 Å². The maximum atomic E-state index is 6.11. The molecule has 2 fully saturated rings. The van der Waals surface area contributed by atoms with Crippen LogP contribution in [0, 0.1) is 11.8 Å². The van der Waals surface area contributed by atoms with Crippen LogP contribution in [0.1, 0.15) is 57.8 Å². The van der Waals surface area contributed by atoms with E-state index in [0.717, 1.165) is 11.8 Å². The normalized spacial score (nSPS) is 41.8. The quantitative estimate of drug-likeness (QED) is 0.610. The molecule has 0 amide bonds. The second kappa shape index (κ2) is 4.45. The van der Waals surface area contributed by atoms with Gasteiger partial charge >= 0.3 is 0 Å². The van der Waals surface area contributed by atoms with Gasteiger partial charge in [0.2, 0.25) is 0 Å². The summed E-state index contributed by atoms with van der Waals surface area (Å²) in [5.74, 6) is 1.99. The average Bonchev–Trinajstić information content (AvgIpc) is 2.07. The molecule has 76 valence electrons. The lowest BCUT2D eigenvalue weighted by molar-refractivity contribution is 0.239. The third kappa shape index (κ3) is 2.70. The van der Waals surface area contributed by atoms with E-state index < -0.39 is 0 Å². The maximum Gasteiger partial charge on any atom is 0.00415 e. The van der Waals surface area contributed by atoms with Gasteiger partial charge in [0.1, 0.15) is 0 Å². The van der Waals surface area contributed by atoms with E-state index in [-0.39, 0.29) is 0 Å². The van der Waals surface area contributed by atoms with Crippen molar-refractivity contribution in [2.75, 3.05) is 0 Å². The first-order valence-electron chi connectivity index (χ1n) is 6.10. The van der Waals surface area contributed by atoms with Crippen LogP contribution in [0.5, 0.6) is 0 Å². The standard InChI is InChI=1S/C12H23N/c13-12-8-7-10-3-1-2-4-11(9-12)6-5-10/h10-12H,1-9,13H2. The van der Waals surface area contributed by atoms with Crippen molar-refractivity contribution in [2.45, 2.75) is 63.8 Å². The molecule has 0 heterocycles. The fourth-order valence-electron chi connectivity index (χ4n) is 3.15. The average molecular weight is 181 g/mol. The fourth-order valence-corrected chi connectivity index (χ4v) is 3.15. The van der Waals surface area contributed by atoms with Crippen LogP contribution in [0.15, 0.2) is 0 Å². The first-order valence-corrected chi connectivity index (χ1v) is 6.10. The number of fused-ring (bicyclic) bond motifs is 3. The minimum absolute atomic E-state index is 0.519. The van der Waals surface area contributed by atoms with Crippen molar-refractivity contribution in [1.29, 1.82) is 0 Å². The summed E-state index contributed by atoms with van der Waals surface area (Å²) in [6.07, 6.45) is 12.9. The molecular weight excluding hydrogens is 158 g/mol. The summed E-state index contributed by atoms with van der Waals surface area (Å²) in [4.78, 5) is 0. The van der Waals surface area contributed by atoms with Crippen LogP contribution >= 0.6 is 0 Å². The van der Waals surface area contributed by atoms with Crippen LogP contribution in [-0.2, 0) is 0 Å². The van der Waals surface area contributed by atoms with E-state index in [1.54, 1.807) is 0 Å². The van der Waals surface area contributed by atoms with Crippen molar-refractivity contribution < 1.29 is 0 Å². The lowest BCUT2D eigenvalue weighted by Crippen LogP contribution is -2.28. The van der Waals surface area contributed by atoms with E-state index in [4.69, 9.17) is 5.73 Å². The highest BCUT2D eigenvalue weighted by molar-refractivity contribution is 4.78.